The van der Waals surface area contributed by atoms with E-state index in [1.165, 1.54) is 0 Å². The highest BCUT2D eigenvalue weighted by Gasteiger charge is 2.42. The van der Waals surface area contributed by atoms with Crippen LogP contribution in [0.1, 0.15) is 34.7 Å². The van der Waals surface area contributed by atoms with Gasteiger partial charge in [-0.1, -0.05) is 29.5 Å². The van der Waals surface area contributed by atoms with E-state index in [4.69, 9.17) is 4.74 Å². The number of hydrogen-bond acceptors (Lipinski definition) is 7. The molecule has 0 spiro atoms. The van der Waals surface area contributed by atoms with E-state index in [1.807, 2.05) is 55.6 Å². The second-order valence-corrected chi connectivity index (χ2v) is 10.9. The molecule has 2 aliphatic rings. The van der Waals surface area contributed by atoms with Gasteiger partial charge in [-0.2, -0.15) is 0 Å². The maximum Gasteiger partial charge on any atom is 0.245 e. The smallest absolute Gasteiger partial charge is 0.245 e. The Labute approximate surface area is 238 Å². The van der Waals surface area contributed by atoms with Gasteiger partial charge in [-0.3, -0.25) is 9.59 Å². The first-order valence-electron chi connectivity index (χ1n) is 13.9. The number of benzene rings is 3. The third kappa shape index (κ3) is 5.47. The summed E-state index contributed by atoms with van der Waals surface area (Å²) < 4.78 is 7.00. The highest BCUT2D eigenvalue weighted by atomic mass is 16.5. The molecule has 10 nitrogen and oxygen atoms in total. The molecule has 41 heavy (non-hydrogen) atoms. The van der Waals surface area contributed by atoms with E-state index in [2.05, 4.69) is 20.9 Å². The average Bonchev–Trinajstić information content (AvgIpc) is 3.58. The molecule has 0 radical (unpaired) electrons. The van der Waals surface area contributed by atoms with Crippen molar-refractivity contribution in [1.29, 1.82) is 0 Å². The highest BCUT2D eigenvalue weighted by molar-refractivity contribution is 5.91. The summed E-state index contributed by atoms with van der Waals surface area (Å²) in [6.45, 7) is 1.44. The summed E-state index contributed by atoms with van der Waals surface area (Å²) in [5, 5.41) is 24.6. The Morgan fingerprint density at radius 1 is 1.10 bits per heavy atom. The molecule has 3 N–H and O–H groups in total. The zero-order chi connectivity index (χ0) is 28.5. The number of aromatic nitrogens is 3. The number of aromatic hydroxyl groups is 1. The summed E-state index contributed by atoms with van der Waals surface area (Å²) in [6.07, 6.45) is 2.05. The SMILES string of the molecule is COc1ccc(CC2CC(C(=O)NCc3ccc4c(c3)nnn4C)N(C(=O)C3NCCc4cc(O)ccc43)C2)cc1. The van der Waals surface area contributed by atoms with Gasteiger partial charge in [0, 0.05) is 26.7 Å². The van der Waals surface area contributed by atoms with Gasteiger partial charge < -0.3 is 25.4 Å². The van der Waals surface area contributed by atoms with Gasteiger partial charge in [-0.05, 0) is 83.8 Å². The topological polar surface area (TPSA) is 122 Å². The molecule has 10 heteroatoms. The lowest BCUT2D eigenvalue weighted by Gasteiger charge is -2.32. The first kappa shape index (κ1) is 26.8. The molecule has 0 bridgehead atoms. The number of carbonyl (C=O) groups is 2. The summed E-state index contributed by atoms with van der Waals surface area (Å²) in [4.78, 5) is 29.4. The highest BCUT2D eigenvalue weighted by Crippen LogP contribution is 2.33. The van der Waals surface area contributed by atoms with Gasteiger partial charge in [0.15, 0.2) is 0 Å². The normalized spacial score (nSPS) is 20.1. The van der Waals surface area contributed by atoms with Crippen molar-refractivity contribution in [3.63, 3.8) is 0 Å². The monoisotopic (exact) mass is 554 g/mol. The number of hydrogen-bond donors (Lipinski definition) is 3. The Hall–Kier alpha value is -4.44. The third-order valence-corrected chi connectivity index (χ3v) is 8.23. The number of amides is 2. The average molecular weight is 555 g/mol. The van der Waals surface area contributed by atoms with Crippen molar-refractivity contribution in [3.8, 4) is 11.5 Å². The molecular weight excluding hydrogens is 520 g/mol. The van der Waals surface area contributed by atoms with Crippen molar-refractivity contribution in [1.82, 2.24) is 30.5 Å². The fourth-order valence-electron chi connectivity index (χ4n) is 6.10. The molecule has 1 aromatic heterocycles. The Morgan fingerprint density at radius 3 is 2.71 bits per heavy atom. The predicted molar refractivity (Wildman–Crippen MR) is 153 cm³/mol. The minimum atomic E-state index is -0.588. The summed E-state index contributed by atoms with van der Waals surface area (Å²) in [7, 11) is 3.48. The van der Waals surface area contributed by atoms with Crippen LogP contribution < -0.4 is 15.4 Å². The molecule has 3 aromatic carbocycles. The third-order valence-electron chi connectivity index (χ3n) is 8.23. The fraction of sp³-hybridized carbons (Fsp3) is 0.355. The van der Waals surface area contributed by atoms with E-state index in [1.54, 1.807) is 28.8 Å². The molecule has 6 rings (SSSR count). The lowest BCUT2D eigenvalue weighted by molar-refractivity contribution is -0.140. The quantitative estimate of drug-likeness (QED) is 0.321. The minimum absolute atomic E-state index is 0.116. The van der Waals surface area contributed by atoms with E-state index in [0.29, 0.717) is 26.1 Å². The lowest BCUT2D eigenvalue weighted by atomic mass is 9.93. The molecule has 3 unspecified atom stereocenters. The van der Waals surface area contributed by atoms with Crippen LogP contribution in [0.25, 0.3) is 11.0 Å². The number of phenolic OH excluding ortho intramolecular Hbond substituents is 1. The summed E-state index contributed by atoms with van der Waals surface area (Å²) in [5.41, 5.74) is 5.55. The fourth-order valence-corrected chi connectivity index (χ4v) is 6.10. The maximum absolute atomic E-state index is 14.1. The van der Waals surface area contributed by atoms with Crippen molar-refractivity contribution in [2.45, 2.75) is 37.9 Å². The van der Waals surface area contributed by atoms with Gasteiger partial charge in [0.2, 0.25) is 11.8 Å². The predicted octanol–water partition coefficient (Wildman–Crippen LogP) is 2.65. The number of likely N-dealkylation sites (tertiary alicyclic amines) is 1. The van der Waals surface area contributed by atoms with Crippen molar-refractivity contribution in [2.24, 2.45) is 13.0 Å². The molecule has 3 heterocycles. The Kier molecular flexibility index (Phi) is 7.32. The van der Waals surface area contributed by atoms with Gasteiger partial charge in [0.1, 0.15) is 29.1 Å². The van der Waals surface area contributed by atoms with Gasteiger partial charge in [0.05, 0.1) is 12.6 Å². The van der Waals surface area contributed by atoms with Gasteiger partial charge in [-0.25, -0.2) is 4.68 Å². The molecule has 212 valence electrons. The molecule has 2 aliphatic heterocycles. The Balaban J connectivity index is 1.22. The van der Waals surface area contributed by atoms with E-state index in [-0.39, 0.29) is 23.5 Å². The van der Waals surface area contributed by atoms with E-state index >= 15 is 0 Å². The number of aryl methyl sites for hydroxylation is 1. The standard InChI is InChI=1S/C31H34N6O4/c1-36-27-10-5-20(14-26(27)34-35-36)17-33-30(39)28-15-21(13-19-3-7-24(41-2)8-4-19)18-37(28)31(40)29-25-9-6-23(38)16-22(25)11-12-32-29/h3-10,14,16,21,28-29,32,38H,11-13,15,17-18H2,1-2H3,(H,33,39). The van der Waals surface area contributed by atoms with Crippen LogP contribution in [0.4, 0.5) is 0 Å². The van der Waals surface area contributed by atoms with Crippen LogP contribution >= 0.6 is 0 Å². The number of phenols is 1. The number of nitrogens with zero attached hydrogens (tertiary/aromatic N) is 4. The zero-order valence-corrected chi connectivity index (χ0v) is 23.2. The van der Waals surface area contributed by atoms with Gasteiger partial charge in [-0.15, -0.1) is 5.10 Å². The summed E-state index contributed by atoms with van der Waals surface area (Å²) in [5.74, 6) is 0.824. The largest absolute Gasteiger partial charge is 0.508 e. The number of methoxy groups -OCH3 is 1. The first-order valence-corrected chi connectivity index (χ1v) is 13.9. The zero-order valence-electron chi connectivity index (χ0n) is 23.2. The molecule has 1 saturated heterocycles. The number of fused-ring (bicyclic) bond motifs is 2. The van der Waals surface area contributed by atoms with Crippen molar-refractivity contribution in [2.75, 3.05) is 20.2 Å². The van der Waals surface area contributed by atoms with Crippen LogP contribution in [-0.2, 0) is 36.0 Å². The van der Waals surface area contributed by atoms with Crippen molar-refractivity contribution >= 4 is 22.8 Å². The van der Waals surface area contributed by atoms with Crippen LogP contribution in [0.5, 0.6) is 11.5 Å². The van der Waals surface area contributed by atoms with Crippen LogP contribution in [-0.4, -0.2) is 63.1 Å². The van der Waals surface area contributed by atoms with E-state index in [9.17, 15) is 14.7 Å². The Bertz CT molecular complexity index is 1580. The maximum atomic E-state index is 14.1. The lowest BCUT2D eigenvalue weighted by Crippen LogP contribution is -2.50. The Morgan fingerprint density at radius 2 is 1.90 bits per heavy atom. The van der Waals surface area contributed by atoms with Crippen LogP contribution in [0, 0.1) is 5.92 Å². The molecule has 3 atom stereocenters. The molecular formula is C31H34N6O4. The molecule has 4 aromatic rings. The molecule has 2 amide bonds. The number of ether oxygens (including phenoxy) is 1. The number of carbonyl (C=O) groups excluding carboxylic acids is 2. The van der Waals surface area contributed by atoms with Crippen molar-refractivity contribution in [3.05, 3.63) is 82.9 Å². The number of rotatable bonds is 7. The van der Waals surface area contributed by atoms with E-state index in [0.717, 1.165) is 51.9 Å². The first-order chi connectivity index (χ1) is 19.9. The molecule has 1 fully saturated rings. The minimum Gasteiger partial charge on any atom is -0.508 e. The number of nitrogens with one attached hydrogen (secondary N) is 2. The second-order valence-electron chi connectivity index (χ2n) is 10.9. The summed E-state index contributed by atoms with van der Waals surface area (Å²) >= 11 is 0. The van der Waals surface area contributed by atoms with Gasteiger partial charge >= 0.3 is 0 Å². The molecule has 0 aliphatic carbocycles. The van der Waals surface area contributed by atoms with E-state index < -0.39 is 12.1 Å². The summed E-state index contributed by atoms with van der Waals surface area (Å²) in [6, 6.07) is 17.7. The second kappa shape index (κ2) is 11.2. The van der Waals surface area contributed by atoms with Gasteiger partial charge in [0.25, 0.3) is 0 Å². The van der Waals surface area contributed by atoms with Crippen LogP contribution in [0.15, 0.2) is 60.7 Å². The van der Waals surface area contributed by atoms with Crippen LogP contribution in [0.2, 0.25) is 0 Å². The van der Waals surface area contributed by atoms with Crippen molar-refractivity contribution < 1.29 is 19.4 Å². The van der Waals surface area contributed by atoms with Crippen LogP contribution in [0.3, 0.4) is 0 Å². The molecule has 0 saturated carbocycles.